The summed E-state index contributed by atoms with van der Waals surface area (Å²) in [4.78, 5) is 19.9. The van der Waals surface area contributed by atoms with Gasteiger partial charge in [-0.1, -0.05) is 0 Å². The number of aromatic nitrogens is 1. The van der Waals surface area contributed by atoms with Crippen molar-refractivity contribution >= 4 is 16.8 Å². The third kappa shape index (κ3) is 2.87. The molecule has 0 saturated heterocycles. The SMILES string of the molecule is CC(C)(C)ONC(=O)c1cc2cc(F)ccc2[nH]1. The van der Waals surface area contributed by atoms with Gasteiger partial charge in [-0.05, 0) is 45.0 Å². The highest BCUT2D eigenvalue weighted by molar-refractivity contribution is 5.97. The minimum Gasteiger partial charge on any atom is -0.350 e. The van der Waals surface area contributed by atoms with Crippen molar-refractivity contribution in [1.82, 2.24) is 10.5 Å². The first-order valence-electron chi connectivity index (χ1n) is 5.62. The van der Waals surface area contributed by atoms with Crippen molar-refractivity contribution in [2.45, 2.75) is 26.4 Å². The van der Waals surface area contributed by atoms with E-state index in [9.17, 15) is 9.18 Å². The molecule has 4 nitrogen and oxygen atoms in total. The van der Waals surface area contributed by atoms with Crippen LogP contribution in [0.4, 0.5) is 4.39 Å². The summed E-state index contributed by atoms with van der Waals surface area (Å²) < 4.78 is 13.0. The molecule has 0 fully saturated rings. The molecule has 1 aromatic carbocycles. The van der Waals surface area contributed by atoms with Gasteiger partial charge in [0.05, 0.1) is 5.60 Å². The molecule has 18 heavy (non-hydrogen) atoms. The Bertz CT molecular complexity index is 584. The van der Waals surface area contributed by atoms with E-state index < -0.39 is 5.60 Å². The van der Waals surface area contributed by atoms with Gasteiger partial charge in [0.1, 0.15) is 11.5 Å². The molecular formula is C13H15FN2O2. The number of benzene rings is 1. The number of halogens is 1. The normalized spacial score (nSPS) is 11.8. The molecule has 2 rings (SSSR count). The zero-order valence-electron chi connectivity index (χ0n) is 10.5. The smallest absolute Gasteiger partial charge is 0.291 e. The molecule has 2 aromatic rings. The molecule has 1 heterocycles. The summed E-state index contributed by atoms with van der Waals surface area (Å²) >= 11 is 0. The number of hydroxylamine groups is 1. The predicted molar refractivity (Wildman–Crippen MR) is 66.6 cm³/mol. The number of carbonyl (C=O) groups excluding carboxylic acids is 1. The lowest BCUT2D eigenvalue weighted by Crippen LogP contribution is -2.33. The fraction of sp³-hybridized carbons (Fsp3) is 0.308. The highest BCUT2D eigenvalue weighted by Gasteiger charge is 2.15. The monoisotopic (exact) mass is 250 g/mol. The zero-order valence-corrected chi connectivity index (χ0v) is 10.5. The van der Waals surface area contributed by atoms with Crippen LogP contribution in [-0.2, 0) is 4.84 Å². The quantitative estimate of drug-likeness (QED) is 0.805. The van der Waals surface area contributed by atoms with Gasteiger partial charge in [0, 0.05) is 10.9 Å². The Labute approximate surface area is 104 Å². The second kappa shape index (κ2) is 4.42. The van der Waals surface area contributed by atoms with Crippen LogP contribution in [0.5, 0.6) is 0 Å². The molecule has 0 atom stereocenters. The molecule has 0 spiro atoms. The zero-order chi connectivity index (χ0) is 13.3. The summed E-state index contributed by atoms with van der Waals surface area (Å²) in [7, 11) is 0. The molecule has 0 aliphatic heterocycles. The van der Waals surface area contributed by atoms with Crippen LogP contribution in [0.25, 0.3) is 10.9 Å². The lowest BCUT2D eigenvalue weighted by atomic mass is 10.2. The maximum atomic E-state index is 13.0. The van der Waals surface area contributed by atoms with Crippen LogP contribution in [-0.4, -0.2) is 16.5 Å². The van der Waals surface area contributed by atoms with Crippen LogP contribution in [0.3, 0.4) is 0 Å². The first-order chi connectivity index (χ1) is 8.35. The summed E-state index contributed by atoms with van der Waals surface area (Å²) in [6.07, 6.45) is 0. The fourth-order valence-corrected chi connectivity index (χ4v) is 1.48. The predicted octanol–water partition coefficient (Wildman–Crippen LogP) is 2.77. The molecule has 0 radical (unpaired) electrons. The van der Waals surface area contributed by atoms with E-state index in [2.05, 4.69) is 10.5 Å². The van der Waals surface area contributed by atoms with Crippen LogP contribution in [0.15, 0.2) is 24.3 Å². The highest BCUT2D eigenvalue weighted by Crippen LogP contribution is 2.16. The molecule has 1 aromatic heterocycles. The van der Waals surface area contributed by atoms with Gasteiger partial charge in [-0.2, -0.15) is 0 Å². The Kier molecular flexibility index (Phi) is 3.09. The Hall–Kier alpha value is -1.88. The van der Waals surface area contributed by atoms with Gasteiger partial charge < -0.3 is 4.98 Å². The van der Waals surface area contributed by atoms with E-state index in [1.807, 2.05) is 20.8 Å². The molecule has 5 heteroatoms. The van der Waals surface area contributed by atoms with Crippen molar-refractivity contribution < 1.29 is 14.0 Å². The van der Waals surface area contributed by atoms with E-state index >= 15 is 0 Å². The van der Waals surface area contributed by atoms with E-state index in [-0.39, 0.29) is 11.7 Å². The number of rotatable bonds is 2. The average molecular weight is 250 g/mol. The summed E-state index contributed by atoms with van der Waals surface area (Å²) in [5, 5.41) is 0.649. The number of hydrogen-bond acceptors (Lipinski definition) is 2. The van der Waals surface area contributed by atoms with Crippen LogP contribution < -0.4 is 5.48 Å². The maximum Gasteiger partial charge on any atom is 0.291 e. The number of amides is 1. The number of carbonyl (C=O) groups is 1. The van der Waals surface area contributed by atoms with Gasteiger partial charge in [-0.15, -0.1) is 0 Å². The van der Waals surface area contributed by atoms with Gasteiger partial charge in [0.25, 0.3) is 5.91 Å². The third-order valence-electron chi connectivity index (χ3n) is 2.28. The van der Waals surface area contributed by atoms with Gasteiger partial charge >= 0.3 is 0 Å². The van der Waals surface area contributed by atoms with E-state index in [4.69, 9.17) is 4.84 Å². The molecule has 0 aliphatic carbocycles. The molecule has 96 valence electrons. The van der Waals surface area contributed by atoms with Crippen LogP contribution in [0.2, 0.25) is 0 Å². The Balaban J connectivity index is 2.18. The molecular weight excluding hydrogens is 235 g/mol. The second-order valence-electron chi connectivity index (χ2n) is 5.06. The molecule has 0 bridgehead atoms. The minimum atomic E-state index is -0.465. The lowest BCUT2D eigenvalue weighted by Gasteiger charge is -2.18. The standard InChI is InChI=1S/C13H15FN2O2/c1-13(2,3)18-16-12(17)11-7-8-6-9(14)4-5-10(8)15-11/h4-7,15H,1-3H3,(H,16,17). The van der Waals surface area contributed by atoms with E-state index in [1.165, 1.54) is 12.1 Å². The van der Waals surface area contributed by atoms with Crippen LogP contribution in [0.1, 0.15) is 31.3 Å². The van der Waals surface area contributed by atoms with Gasteiger partial charge in [0.15, 0.2) is 0 Å². The summed E-state index contributed by atoms with van der Waals surface area (Å²) in [5.74, 6) is -0.721. The maximum absolute atomic E-state index is 13.0. The number of H-pyrrole nitrogens is 1. The third-order valence-corrected chi connectivity index (χ3v) is 2.28. The highest BCUT2D eigenvalue weighted by atomic mass is 19.1. The number of fused-ring (bicyclic) bond motifs is 1. The average Bonchev–Trinajstić information content (AvgIpc) is 2.67. The molecule has 0 unspecified atom stereocenters. The summed E-state index contributed by atoms with van der Waals surface area (Å²) in [6.45, 7) is 5.48. The molecule has 1 amide bonds. The molecule has 0 aliphatic rings. The second-order valence-corrected chi connectivity index (χ2v) is 5.06. The fourth-order valence-electron chi connectivity index (χ4n) is 1.48. The van der Waals surface area contributed by atoms with Gasteiger partial charge in [-0.25, -0.2) is 9.87 Å². The van der Waals surface area contributed by atoms with E-state index in [0.717, 1.165) is 0 Å². The Morgan fingerprint density at radius 1 is 1.33 bits per heavy atom. The Morgan fingerprint density at radius 2 is 2.06 bits per heavy atom. The summed E-state index contributed by atoms with van der Waals surface area (Å²) in [5.41, 5.74) is 2.93. The van der Waals surface area contributed by atoms with E-state index in [0.29, 0.717) is 16.6 Å². The van der Waals surface area contributed by atoms with Crippen LogP contribution >= 0.6 is 0 Å². The van der Waals surface area contributed by atoms with Crippen molar-refractivity contribution in [2.24, 2.45) is 0 Å². The van der Waals surface area contributed by atoms with Crippen molar-refractivity contribution in [3.8, 4) is 0 Å². The topological polar surface area (TPSA) is 54.1 Å². The van der Waals surface area contributed by atoms with E-state index in [1.54, 1.807) is 12.1 Å². The first kappa shape index (κ1) is 12.6. The van der Waals surface area contributed by atoms with Crippen molar-refractivity contribution in [1.29, 1.82) is 0 Å². The number of aromatic amines is 1. The van der Waals surface area contributed by atoms with Crippen molar-refractivity contribution in [3.63, 3.8) is 0 Å². The largest absolute Gasteiger partial charge is 0.350 e. The number of hydrogen-bond donors (Lipinski definition) is 2. The Morgan fingerprint density at radius 3 is 2.72 bits per heavy atom. The lowest BCUT2D eigenvalue weighted by molar-refractivity contribution is -0.0591. The van der Waals surface area contributed by atoms with Gasteiger partial charge in [0.2, 0.25) is 0 Å². The van der Waals surface area contributed by atoms with Crippen molar-refractivity contribution in [3.05, 3.63) is 35.8 Å². The van der Waals surface area contributed by atoms with Gasteiger partial charge in [-0.3, -0.25) is 9.63 Å². The molecule has 2 N–H and O–H groups in total. The number of nitrogens with one attached hydrogen (secondary N) is 2. The first-order valence-corrected chi connectivity index (χ1v) is 5.62. The van der Waals surface area contributed by atoms with Crippen molar-refractivity contribution in [2.75, 3.05) is 0 Å². The van der Waals surface area contributed by atoms with Crippen LogP contribution in [0, 0.1) is 5.82 Å². The minimum absolute atomic E-state index is 0.333. The molecule has 0 saturated carbocycles. The summed E-state index contributed by atoms with van der Waals surface area (Å²) in [6, 6.07) is 5.88.